The van der Waals surface area contributed by atoms with Gasteiger partial charge in [-0.1, -0.05) is 43.7 Å². The SMILES string of the molecule is CCCC(Oc1ccc2ccccc2c1CO)C(=O)O. The van der Waals surface area contributed by atoms with Gasteiger partial charge in [-0.3, -0.25) is 0 Å². The van der Waals surface area contributed by atoms with Crippen LogP contribution in [0.1, 0.15) is 25.3 Å². The molecule has 0 aliphatic carbocycles. The number of aliphatic carboxylic acids is 1. The molecule has 2 aromatic carbocycles. The molecule has 4 nitrogen and oxygen atoms in total. The van der Waals surface area contributed by atoms with Gasteiger partial charge in [0.05, 0.1) is 6.61 Å². The fourth-order valence-corrected chi connectivity index (χ4v) is 2.24. The Morgan fingerprint density at radius 1 is 1.25 bits per heavy atom. The zero-order valence-corrected chi connectivity index (χ0v) is 11.4. The van der Waals surface area contributed by atoms with E-state index < -0.39 is 12.1 Å². The Bertz CT molecular complexity index is 606. The van der Waals surface area contributed by atoms with Gasteiger partial charge in [0.1, 0.15) is 5.75 Å². The molecular weight excluding hydrogens is 256 g/mol. The lowest BCUT2D eigenvalue weighted by Crippen LogP contribution is -2.27. The summed E-state index contributed by atoms with van der Waals surface area (Å²) in [5, 5.41) is 20.6. The van der Waals surface area contributed by atoms with E-state index in [1.54, 1.807) is 6.07 Å². The van der Waals surface area contributed by atoms with Crippen molar-refractivity contribution in [1.82, 2.24) is 0 Å². The minimum atomic E-state index is -0.983. The molecule has 0 saturated heterocycles. The van der Waals surface area contributed by atoms with E-state index in [-0.39, 0.29) is 6.61 Å². The molecular formula is C16H18O4. The molecule has 0 spiro atoms. The maximum Gasteiger partial charge on any atom is 0.344 e. The Kier molecular flexibility index (Phi) is 4.58. The van der Waals surface area contributed by atoms with Crippen molar-refractivity contribution in [2.24, 2.45) is 0 Å². The van der Waals surface area contributed by atoms with Crippen molar-refractivity contribution in [3.63, 3.8) is 0 Å². The maximum atomic E-state index is 11.2. The summed E-state index contributed by atoms with van der Waals surface area (Å²) in [6.07, 6.45) is 0.276. The van der Waals surface area contributed by atoms with Gasteiger partial charge in [-0.15, -0.1) is 0 Å². The molecule has 2 aromatic rings. The molecule has 1 unspecified atom stereocenters. The fraction of sp³-hybridized carbons (Fsp3) is 0.312. The van der Waals surface area contributed by atoms with Gasteiger partial charge < -0.3 is 14.9 Å². The molecule has 1 atom stereocenters. The standard InChI is InChI=1S/C16H18O4/c1-2-5-15(16(18)19)20-14-9-8-11-6-3-4-7-12(11)13(14)10-17/h3-4,6-9,15,17H,2,5,10H2,1H3,(H,18,19). The van der Waals surface area contributed by atoms with E-state index in [2.05, 4.69) is 0 Å². The molecule has 0 bridgehead atoms. The van der Waals surface area contributed by atoms with Gasteiger partial charge in [-0.05, 0) is 23.3 Å². The number of rotatable bonds is 6. The minimum absolute atomic E-state index is 0.185. The number of ether oxygens (including phenoxy) is 1. The second kappa shape index (κ2) is 6.39. The second-order valence-electron chi connectivity index (χ2n) is 4.65. The zero-order chi connectivity index (χ0) is 14.5. The van der Waals surface area contributed by atoms with Gasteiger partial charge in [0.15, 0.2) is 6.10 Å². The first-order valence-corrected chi connectivity index (χ1v) is 6.68. The second-order valence-corrected chi connectivity index (χ2v) is 4.65. The summed E-state index contributed by atoms with van der Waals surface area (Å²) in [4.78, 5) is 11.2. The first-order chi connectivity index (χ1) is 9.67. The van der Waals surface area contributed by atoms with Gasteiger partial charge in [0.25, 0.3) is 0 Å². The van der Waals surface area contributed by atoms with Gasteiger partial charge >= 0.3 is 5.97 Å². The first-order valence-electron chi connectivity index (χ1n) is 6.68. The highest BCUT2D eigenvalue weighted by molar-refractivity contribution is 5.87. The zero-order valence-electron chi connectivity index (χ0n) is 11.4. The highest BCUT2D eigenvalue weighted by atomic mass is 16.5. The monoisotopic (exact) mass is 274 g/mol. The molecule has 0 amide bonds. The van der Waals surface area contributed by atoms with E-state index in [1.165, 1.54) is 0 Å². The predicted molar refractivity (Wildman–Crippen MR) is 76.8 cm³/mol. The van der Waals surface area contributed by atoms with Crippen LogP contribution in [0.5, 0.6) is 5.75 Å². The minimum Gasteiger partial charge on any atom is -0.479 e. The van der Waals surface area contributed by atoms with Crippen molar-refractivity contribution in [2.75, 3.05) is 0 Å². The van der Waals surface area contributed by atoms with E-state index in [4.69, 9.17) is 9.84 Å². The van der Waals surface area contributed by atoms with Gasteiger partial charge in [0, 0.05) is 5.56 Å². The van der Waals surface area contributed by atoms with Crippen LogP contribution in [0.15, 0.2) is 36.4 Å². The van der Waals surface area contributed by atoms with Crippen LogP contribution in [0.3, 0.4) is 0 Å². The third-order valence-corrected chi connectivity index (χ3v) is 3.25. The molecule has 106 valence electrons. The van der Waals surface area contributed by atoms with Crippen LogP contribution in [-0.4, -0.2) is 22.3 Å². The Morgan fingerprint density at radius 2 is 2.00 bits per heavy atom. The topological polar surface area (TPSA) is 66.8 Å². The van der Waals surface area contributed by atoms with Crippen molar-refractivity contribution in [2.45, 2.75) is 32.5 Å². The van der Waals surface area contributed by atoms with E-state index in [9.17, 15) is 9.90 Å². The summed E-state index contributed by atoms with van der Waals surface area (Å²) in [7, 11) is 0. The largest absolute Gasteiger partial charge is 0.479 e. The van der Waals surface area contributed by atoms with Crippen LogP contribution < -0.4 is 4.74 Å². The normalized spacial score (nSPS) is 12.3. The molecule has 0 saturated carbocycles. The fourth-order valence-electron chi connectivity index (χ4n) is 2.24. The molecule has 2 N–H and O–H groups in total. The van der Waals surface area contributed by atoms with Crippen LogP contribution in [0, 0.1) is 0 Å². The van der Waals surface area contributed by atoms with Crippen molar-refractivity contribution < 1.29 is 19.7 Å². The number of benzene rings is 2. The summed E-state index contributed by atoms with van der Waals surface area (Å²) >= 11 is 0. The third kappa shape index (κ3) is 2.91. The number of hydrogen-bond donors (Lipinski definition) is 2. The molecule has 20 heavy (non-hydrogen) atoms. The highest BCUT2D eigenvalue weighted by Gasteiger charge is 2.20. The van der Waals surface area contributed by atoms with Crippen molar-refractivity contribution in [3.8, 4) is 5.75 Å². The van der Waals surface area contributed by atoms with Crippen molar-refractivity contribution in [1.29, 1.82) is 0 Å². The third-order valence-electron chi connectivity index (χ3n) is 3.25. The summed E-state index contributed by atoms with van der Waals surface area (Å²) < 4.78 is 5.59. The smallest absolute Gasteiger partial charge is 0.344 e. The number of aliphatic hydroxyl groups is 1. The van der Waals surface area contributed by atoms with Crippen LogP contribution in [0.25, 0.3) is 10.8 Å². The molecule has 0 radical (unpaired) electrons. The Morgan fingerprint density at radius 3 is 2.65 bits per heavy atom. The average Bonchev–Trinajstić information content (AvgIpc) is 2.46. The van der Waals surface area contributed by atoms with Crippen molar-refractivity contribution >= 4 is 16.7 Å². The molecule has 0 aromatic heterocycles. The summed E-state index contributed by atoms with van der Waals surface area (Å²) in [6.45, 7) is 1.72. The van der Waals surface area contributed by atoms with Gasteiger partial charge in [0.2, 0.25) is 0 Å². The molecule has 0 heterocycles. The van der Waals surface area contributed by atoms with Gasteiger partial charge in [-0.2, -0.15) is 0 Å². The lowest BCUT2D eigenvalue weighted by atomic mass is 10.0. The average molecular weight is 274 g/mol. The molecule has 4 heteroatoms. The van der Waals surface area contributed by atoms with E-state index >= 15 is 0 Å². The first kappa shape index (κ1) is 14.3. The van der Waals surface area contributed by atoms with Crippen LogP contribution in [0.2, 0.25) is 0 Å². The Balaban J connectivity index is 2.40. The van der Waals surface area contributed by atoms with Crippen LogP contribution in [0.4, 0.5) is 0 Å². The van der Waals surface area contributed by atoms with E-state index in [0.29, 0.717) is 17.7 Å². The van der Waals surface area contributed by atoms with Crippen molar-refractivity contribution in [3.05, 3.63) is 42.0 Å². The highest BCUT2D eigenvalue weighted by Crippen LogP contribution is 2.29. The molecule has 2 rings (SSSR count). The quantitative estimate of drug-likeness (QED) is 0.850. The number of carboxylic acids is 1. The number of carbonyl (C=O) groups is 1. The lowest BCUT2D eigenvalue weighted by Gasteiger charge is -2.17. The molecule has 0 aliphatic heterocycles. The predicted octanol–water partition coefficient (Wildman–Crippen LogP) is 2.96. The Labute approximate surface area is 117 Å². The molecule has 0 fully saturated rings. The Hall–Kier alpha value is -2.07. The van der Waals surface area contributed by atoms with Crippen LogP contribution in [-0.2, 0) is 11.4 Å². The number of fused-ring (bicyclic) bond motifs is 1. The number of aliphatic hydroxyl groups excluding tert-OH is 1. The lowest BCUT2D eigenvalue weighted by molar-refractivity contribution is -0.145. The van der Waals surface area contributed by atoms with Gasteiger partial charge in [-0.25, -0.2) is 4.79 Å². The van der Waals surface area contributed by atoms with E-state index in [0.717, 1.165) is 17.2 Å². The maximum absolute atomic E-state index is 11.2. The van der Waals surface area contributed by atoms with Crippen LogP contribution >= 0.6 is 0 Å². The number of hydrogen-bond acceptors (Lipinski definition) is 3. The summed E-state index contributed by atoms with van der Waals surface area (Å²) in [6, 6.07) is 11.2. The summed E-state index contributed by atoms with van der Waals surface area (Å²) in [5.41, 5.74) is 0.630. The number of carboxylic acid groups (broad SMARTS) is 1. The molecule has 0 aliphatic rings. The summed E-state index contributed by atoms with van der Waals surface area (Å²) in [5.74, 6) is -0.545. The van der Waals surface area contributed by atoms with E-state index in [1.807, 2.05) is 37.3 Å².